The molecule has 9 nitrogen and oxygen atoms in total. The molecule has 0 unspecified atom stereocenters. The Morgan fingerprint density at radius 2 is 1.79 bits per heavy atom. The Labute approximate surface area is 223 Å². The minimum Gasteiger partial charge on any atom is -0.460 e. The molecule has 0 aliphatic carbocycles. The molecule has 0 fully saturated rings. The van der Waals surface area contributed by atoms with Gasteiger partial charge in [-0.3, -0.25) is 4.79 Å². The highest BCUT2D eigenvalue weighted by Crippen LogP contribution is 2.30. The van der Waals surface area contributed by atoms with Crippen LogP contribution >= 0.6 is 0 Å². The summed E-state index contributed by atoms with van der Waals surface area (Å²) in [6, 6.07) is 20.2. The third-order valence-electron chi connectivity index (χ3n) is 6.05. The molecule has 0 saturated heterocycles. The van der Waals surface area contributed by atoms with Crippen LogP contribution in [0.4, 0.5) is 23.0 Å². The first kappa shape index (κ1) is 23.7. The molecule has 4 heterocycles. The van der Waals surface area contributed by atoms with Gasteiger partial charge in [-0.2, -0.15) is 0 Å². The summed E-state index contributed by atoms with van der Waals surface area (Å²) < 4.78 is 5.69. The van der Waals surface area contributed by atoms with Gasteiger partial charge in [0.15, 0.2) is 5.58 Å². The topological polar surface area (TPSA) is 121 Å². The van der Waals surface area contributed by atoms with Crippen LogP contribution in [0.15, 0.2) is 115 Å². The average Bonchev–Trinajstić information content (AvgIpc) is 3.62. The summed E-state index contributed by atoms with van der Waals surface area (Å²) in [6.45, 7) is 7.50. The largest absolute Gasteiger partial charge is 0.460 e. The Bertz CT molecular complexity index is 1850. The lowest BCUT2D eigenvalue weighted by atomic mass is 10.1. The van der Waals surface area contributed by atoms with E-state index < -0.39 is 0 Å². The molecule has 6 aromatic rings. The molecular weight excluding hydrogens is 490 g/mol. The number of aromatic nitrogens is 4. The van der Waals surface area contributed by atoms with E-state index in [0.29, 0.717) is 45.4 Å². The van der Waals surface area contributed by atoms with Crippen LogP contribution in [0.25, 0.3) is 33.4 Å². The van der Waals surface area contributed by atoms with E-state index in [0.717, 1.165) is 22.3 Å². The van der Waals surface area contributed by atoms with Crippen LogP contribution in [0.5, 0.6) is 0 Å². The maximum absolute atomic E-state index is 12.8. The van der Waals surface area contributed by atoms with Crippen LogP contribution in [0.2, 0.25) is 0 Å². The number of carbonyl (C=O) groups excluding carboxylic acids is 1. The number of amides is 1. The van der Waals surface area contributed by atoms with Crippen molar-refractivity contribution in [2.75, 3.05) is 16.0 Å². The number of allylic oxidation sites excluding steroid dienone is 1. The van der Waals surface area contributed by atoms with Crippen molar-refractivity contribution >= 4 is 51.1 Å². The highest BCUT2D eigenvalue weighted by Gasteiger charge is 2.15. The molecule has 0 saturated carbocycles. The predicted octanol–water partition coefficient (Wildman–Crippen LogP) is 6.87. The van der Waals surface area contributed by atoms with Crippen molar-refractivity contribution in [3.8, 4) is 11.3 Å². The van der Waals surface area contributed by atoms with Crippen molar-refractivity contribution in [2.24, 2.45) is 0 Å². The van der Waals surface area contributed by atoms with Crippen molar-refractivity contribution in [3.05, 3.63) is 116 Å². The second kappa shape index (κ2) is 9.98. The first-order chi connectivity index (χ1) is 19.1. The van der Waals surface area contributed by atoms with Crippen LogP contribution in [0.3, 0.4) is 0 Å². The summed E-state index contributed by atoms with van der Waals surface area (Å²) in [5.41, 5.74) is 6.83. The number of fused-ring (bicyclic) bond motifs is 2. The van der Waals surface area contributed by atoms with E-state index in [1.54, 1.807) is 36.7 Å². The summed E-state index contributed by atoms with van der Waals surface area (Å²) in [5.74, 6) is 0.160. The van der Waals surface area contributed by atoms with Crippen molar-refractivity contribution < 1.29 is 9.21 Å². The summed E-state index contributed by atoms with van der Waals surface area (Å²) in [5, 5.41) is 10.2. The van der Waals surface area contributed by atoms with Crippen LogP contribution in [-0.2, 0) is 0 Å². The maximum Gasteiger partial charge on any atom is 0.255 e. The van der Waals surface area contributed by atoms with Gasteiger partial charge in [-0.15, -0.1) is 0 Å². The van der Waals surface area contributed by atoms with Crippen molar-refractivity contribution in [2.45, 2.75) is 0 Å². The Balaban J connectivity index is 1.22. The van der Waals surface area contributed by atoms with Gasteiger partial charge in [-0.05, 0) is 60.7 Å². The number of rotatable bonds is 8. The zero-order valence-corrected chi connectivity index (χ0v) is 20.7. The number of carbonyl (C=O) groups is 1. The smallest absolute Gasteiger partial charge is 0.255 e. The quantitative estimate of drug-likeness (QED) is 0.164. The first-order valence-corrected chi connectivity index (χ1v) is 12.1. The second-order valence-corrected chi connectivity index (χ2v) is 8.76. The molecule has 6 rings (SSSR count). The molecule has 4 aromatic heterocycles. The number of pyridine rings is 1. The fourth-order valence-corrected chi connectivity index (χ4v) is 4.13. The van der Waals surface area contributed by atoms with E-state index >= 15 is 0 Å². The lowest BCUT2D eigenvalue weighted by Crippen LogP contribution is -2.12. The summed E-state index contributed by atoms with van der Waals surface area (Å²) in [6.07, 6.45) is 6.81. The van der Waals surface area contributed by atoms with E-state index in [4.69, 9.17) is 9.40 Å². The molecule has 0 spiro atoms. The third kappa shape index (κ3) is 4.96. The minimum atomic E-state index is -0.229. The fourth-order valence-electron chi connectivity index (χ4n) is 4.13. The molecule has 0 aliphatic rings. The summed E-state index contributed by atoms with van der Waals surface area (Å²) >= 11 is 0. The molecule has 190 valence electrons. The fraction of sp³-hybridized carbons (Fsp3) is 0. The number of hydrogen-bond donors (Lipinski definition) is 4. The third-order valence-corrected chi connectivity index (χ3v) is 6.05. The number of nitrogens with zero attached hydrogens (tertiary/aromatic N) is 3. The number of hydrogen-bond acceptors (Lipinski definition) is 7. The lowest BCUT2D eigenvalue weighted by molar-refractivity contribution is 0.102. The number of nitrogens with one attached hydrogen (secondary N) is 4. The van der Waals surface area contributed by atoms with Gasteiger partial charge in [0.2, 0.25) is 5.95 Å². The molecule has 39 heavy (non-hydrogen) atoms. The molecule has 4 N–H and O–H groups in total. The molecule has 0 aliphatic heterocycles. The Morgan fingerprint density at radius 3 is 2.64 bits per heavy atom. The SMILES string of the molecule is C=CC(=C)Nc1ccc(C(=O)Nc2cccc(Nc3nc(-c4cnc5[nH]ccc5c4)c4occc4n3)c2)cc1. The molecular formula is C30H23N7O2. The predicted molar refractivity (Wildman–Crippen MR) is 154 cm³/mol. The average molecular weight is 514 g/mol. The second-order valence-electron chi connectivity index (χ2n) is 8.76. The number of aromatic amines is 1. The Kier molecular flexibility index (Phi) is 6.06. The van der Waals surface area contributed by atoms with E-state index in [-0.39, 0.29) is 5.91 Å². The number of furan rings is 1. The number of benzene rings is 2. The van der Waals surface area contributed by atoms with Gasteiger partial charge in [0.1, 0.15) is 16.9 Å². The van der Waals surface area contributed by atoms with E-state index in [9.17, 15) is 4.79 Å². The molecule has 0 bridgehead atoms. The summed E-state index contributed by atoms with van der Waals surface area (Å²) in [4.78, 5) is 29.7. The molecule has 0 radical (unpaired) electrons. The van der Waals surface area contributed by atoms with E-state index in [2.05, 4.69) is 44.1 Å². The number of H-pyrrole nitrogens is 1. The van der Waals surface area contributed by atoms with Gasteiger partial charge in [0, 0.05) is 57.7 Å². The van der Waals surface area contributed by atoms with Gasteiger partial charge in [0.05, 0.1) is 6.26 Å². The molecule has 9 heteroatoms. The molecule has 1 amide bonds. The Morgan fingerprint density at radius 1 is 0.949 bits per heavy atom. The normalized spacial score (nSPS) is 10.9. The number of anilines is 4. The monoisotopic (exact) mass is 513 g/mol. The van der Waals surface area contributed by atoms with Gasteiger partial charge in [-0.25, -0.2) is 15.0 Å². The van der Waals surface area contributed by atoms with Gasteiger partial charge < -0.3 is 25.4 Å². The van der Waals surface area contributed by atoms with Crippen LogP contribution in [0, 0.1) is 0 Å². The highest BCUT2D eigenvalue weighted by molar-refractivity contribution is 6.04. The Hall–Kier alpha value is -5.70. The van der Waals surface area contributed by atoms with Crippen molar-refractivity contribution in [3.63, 3.8) is 0 Å². The molecule has 0 atom stereocenters. The van der Waals surface area contributed by atoms with E-state index in [1.165, 1.54) is 0 Å². The van der Waals surface area contributed by atoms with Crippen LogP contribution < -0.4 is 16.0 Å². The highest BCUT2D eigenvalue weighted by atomic mass is 16.3. The maximum atomic E-state index is 12.8. The van der Waals surface area contributed by atoms with E-state index in [1.807, 2.05) is 54.7 Å². The zero-order chi connectivity index (χ0) is 26.8. The van der Waals surface area contributed by atoms with Gasteiger partial charge in [-0.1, -0.05) is 19.2 Å². The van der Waals surface area contributed by atoms with Crippen LogP contribution in [-0.4, -0.2) is 25.8 Å². The van der Waals surface area contributed by atoms with Crippen LogP contribution in [0.1, 0.15) is 10.4 Å². The van der Waals surface area contributed by atoms with Crippen molar-refractivity contribution in [1.29, 1.82) is 0 Å². The van der Waals surface area contributed by atoms with Gasteiger partial charge >= 0.3 is 0 Å². The molecule has 2 aromatic carbocycles. The first-order valence-electron chi connectivity index (χ1n) is 12.1. The zero-order valence-electron chi connectivity index (χ0n) is 20.7. The standard InChI is InChI=1S/C30H23N7O2/c1-3-18(2)33-22-9-7-19(8-10-22)29(38)34-23-5-4-6-24(16-23)35-30-36-25-12-14-39-27(25)26(37-30)21-15-20-11-13-31-28(20)32-17-21/h3-17,33H,1-2H2,(H,31,32)(H,34,38)(H,35,36,37). The minimum absolute atomic E-state index is 0.229. The lowest BCUT2D eigenvalue weighted by Gasteiger charge is -2.11. The summed E-state index contributed by atoms with van der Waals surface area (Å²) in [7, 11) is 0. The van der Waals surface area contributed by atoms with Crippen molar-refractivity contribution in [1.82, 2.24) is 19.9 Å². The van der Waals surface area contributed by atoms with Gasteiger partial charge in [0.25, 0.3) is 5.91 Å².